The molecule has 0 saturated heterocycles. The molecule has 7 heteroatoms. The van der Waals surface area contributed by atoms with E-state index in [0.717, 1.165) is 25.1 Å². The first-order chi connectivity index (χ1) is 13.4. The van der Waals surface area contributed by atoms with Gasteiger partial charge < -0.3 is 5.41 Å². The Bertz CT molecular complexity index is 948. The van der Waals surface area contributed by atoms with E-state index >= 15 is 0 Å². The highest BCUT2D eigenvalue weighted by molar-refractivity contribution is 6.00. The maximum absolute atomic E-state index is 14.7. The first kappa shape index (κ1) is 19.7. The van der Waals surface area contributed by atoms with Crippen molar-refractivity contribution in [2.24, 2.45) is 17.3 Å². The minimum Gasteiger partial charge on any atom is -0.305 e. The number of benzene rings is 1. The van der Waals surface area contributed by atoms with Gasteiger partial charge in [0.25, 0.3) is 0 Å². The zero-order chi connectivity index (χ0) is 20.5. The zero-order valence-electron chi connectivity index (χ0n) is 15.4. The van der Waals surface area contributed by atoms with E-state index < -0.39 is 34.8 Å². The van der Waals surface area contributed by atoms with Crippen LogP contribution in [0, 0.1) is 68.3 Å². The van der Waals surface area contributed by atoms with E-state index in [1.807, 2.05) is 25.1 Å². The summed E-state index contributed by atoms with van der Waals surface area (Å²) in [6.07, 6.45) is 2.75. The van der Waals surface area contributed by atoms with Crippen LogP contribution in [0.25, 0.3) is 0 Å². The third kappa shape index (κ3) is 2.87. The number of fused-ring (bicyclic) bond motifs is 1. The molecule has 1 N–H and O–H groups in total. The van der Waals surface area contributed by atoms with Gasteiger partial charge in [0, 0.05) is 31.0 Å². The summed E-state index contributed by atoms with van der Waals surface area (Å²) in [6, 6.07) is 8.93. The Kier molecular flexibility index (Phi) is 5.27. The van der Waals surface area contributed by atoms with Gasteiger partial charge in [0.2, 0.25) is 0 Å². The van der Waals surface area contributed by atoms with Crippen molar-refractivity contribution in [3.8, 4) is 18.2 Å². The van der Waals surface area contributed by atoms with E-state index in [-0.39, 0.29) is 11.3 Å². The first-order valence-electron chi connectivity index (χ1n) is 9.11. The van der Waals surface area contributed by atoms with Crippen molar-refractivity contribution in [3.05, 3.63) is 47.0 Å². The van der Waals surface area contributed by atoms with Gasteiger partial charge in [-0.15, -0.1) is 0 Å². The number of nitriles is 3. The van der Waals surface area contributed by atoms with Crippen molar-refractivity contribution in [1.29, 1.82) is 21.2 Å². The van der Waals surface area contributed by atoms with Gasteiger partial charge in [-0.25, -0.2) is 8.78 Å². The number of nitrogens with one attached hydrogen (secondary N) is 1. The summed E-state index contributed by atoms with van der Waals surface area (Å²) in [5, 5.41) is 38.0. The predicted octanol–water partition coefficient (Wildman–Crippen LogP) is 3.52. The Balaban J connectivity index is 2.25. The zero-order valence-corrected chi connectivity index (χ0v) is 15.4. The van der Waals surface area contributed by atoms with Crippen molar-refractivity contribution in [2.75, 3.05) is 19.6 Å². The maximum Gasteiger partial charge on any atom is 0.189 e. The molecule has 2 aliphatic rings. The van der Waals surface area contributed by atoms with Crippen LogP contribution in [0.3, 0.4) is 0 Å². The molecule has 1 aromatic carbocycles. The van der Waals surface area contributed by atoms with Gasteiger partial charge in [-0.2, -0.15) is 15.8 Å². The molecule has 1 fully saturated rings. The monoisotopic (exact) mass is 379 g/mol. The van der Waals surface area contributed by atoms with Crippen LogP contribution in [-0.4, -0.2) is 30.2 Å². The van der Waals surface area contributed by atoms with Gasteiger partial charge in [-0.05, 0) is 30.2 Å². The molecule has 1 aliphatic carbocycles. The van der Waals surface area contributed by atoms with Gasteiger partial charge in [-0.3, -0.25) is 4.90 Å². The minimum atomic E-state index is -1.99. The molecule has 28 heavy (non-hydrogen) atoms. The molecule has 0 spiro atoms. The van der Waals surface area contributed by atoms with Crippen LogP contribution in [0.15, 0.2) is 29.8 Å². The predicted molar refractivity (Wildman–Crippen MR) is 97.9 cm³/mol. The molecule has 5 nitrogen and oxygen atoms in total. The summed E-state index contributed by atoms with van der Waals surface area (Å²) in [6.45, 7) is 3.84. The number of rotatable bonds is 3. The number of nitrogens with zero attached hydrogens (tertiary/aromatic N) is 4. The molecule has 0 amide bonds. The summed E-state index contributed by atoms with van der Waals surface area (Å²) in [5.74, 6) is -4.08. The Hall–Kier alpha value is -3.08. The van der Waals surface area contributed by atoms with Gasteiger partial charge in [0.1, 0.15) is 17.6 Å². The highest BCUT2D eigenvalue weighted by atomic mass is 19.1. The minimum absolute atomic E-state index is 0.0277. The van der Waals surface area contributed by atoms with Gasteiger partial charge in [-0.1, -0.05) is 19.1 Å². The first-order valence-corrected chi connectivity index (χ1v) is 9.11. The third-order valence-electron chi connectivity index (χ3n) is 5.70. The van der Waals surface area contributed by atoms with Crippen LogP contribution >= 0.6 is 0 Å². The summed E-state index contributed by atoms with van der Waals surface area (Å²) in [5.41, 5.74) is -1.65. The average molecular weight is 379 g/mol. The molecule has 1 unspecified atom stereocenters. The summed E-state index contributed by atoms with van der Waals surface area (Å²) >= 11 is 0. The maximum atomic E-state index is 14.7. The largest absolute Gasteiger partial charge is 0.305 e. The topological polar surface area (TPSA) is 98.5 Å². The Morgan fingerprint density at radius 3 is 2.54 bits per heavy atom. The second-order valence-corrected chi connectivity index (χ2v) is 7.22. The summed E-state index contributed by atoms with van der Waals surface area (Å²) in [4.78, 5) is 2.12. The van der Waals surface area contributed by atoms with Crippen LogP contribution in [0.1, 0.15) is 24.8 Å². The highest BCUT2D eigenvalue weighted by Gasteiger charge is 2.58. The van der Waals surface area contributed by atoms with Crippen molar-refractivity contribution in [1.82, 2.24) is 4.90 Å². The van der Waals surface area contributed by atoms with E-state index in [1.54, 1.807) is 0 Å². The molecule has 0 radical (unpaired) electrons. The molecule has 3 rings (SSSR count). The van der Waals surface area contributed by atoms with Crippen molar-refractivity contribution < 1.29 is 8.78 Å². The fourth-order valence-electron chi connectivity index (χ4n) is 4.46. The number of halogens is 2. The van der Waals surface area contributed by atoms with Crippen molar-refractivity contribution in [2.45, 2.75) is 19.3 Å². The van der Waals surface area contributed by atoms with Crippen LogP contribution in [-0.2, 0) is 0 Å². The van der Waals surface area contributed by atoms with Crippen LogP contribution in [0.5, 0.6) is 0 Å². The van der Waals surface area contributed by atoms with Crippen LogP contribution in [0.2, 0.25) is 0 Å². The average Bonchev–Trinajstić information content (AvgIpc) is 2.68. The molecule has 1 aromatic rings. The lowest BCUT2D eigenvalue weighted by Gasteiger charge is -2.47. The summed E-state index contributed by atoms with van der Waals surface area (Å²) < 4.78 is 28.2. The third-order valence-corrected chi connectivity index (χ3v) is 5.70. The second kappa shape index (κ2) is 7.50. The molecule has 0 aromatic heterocycles. The number of hydrogen-bond donors (Lipinski definition) is 1. The Morgan fingerprint density at radius 1 is 1.25 bits per heavy atom. The van der Waals surface area contributed by atoms with E-state index in [0.29, 0.717) is 18.7 Å². The van der Waals surface area contributed by atoms with Crippen LogP contribution in [0.4, 0.5) is 8.78 Å². The smallest absolute Gasteiger partial charge is 0.189 e. The SMILES string of the molecule is CCCN1CC=C2C(C#N)C(=N)C(C#N)(C#N)[C@@H](c3ccc(F)cc3F)[C@@H]2C1. The standard InChI is InChI=1S/C21H19F2N5/c1-2-6-28-7-5-14-16(9-24)20(27)21(11-25,12-26)19(17(14)10-28)15-4-3-13(22)8-18(15)23/h3-5,8,16-17,19,27H,2,6-7,10H2,1H3/t16?,17-,19+/m1/s1. The second-order valence-electron chi connectivity index (χ2n) is 7.22. The fourth-order valence-corrected chi connectivity index (χ4v) is 4.46. The van der Waals surface area contributed by atoms with E-state index in [2.05, 4.69) is 11.0 Å². The summed E-state index contributed by atoms with van der Waals surface area (Å²) in [7, 11) is 0. The Labute approximate surface area is 162 Å². The molecule has 1 heterocycles. The lowest BCUT2D eigenvalue weighted by Crippen LogP contribution is -2.53. The fraction of sp³-hybridized carbons (Fsp3) is 0.429. The molecule has 0 bridgehead atoms. The van der Waals surface area contributed by atoms with E-state index in [4.69, 9.17) is 5.41 Å². The van der Waals surface area contributed by atoms with E-state index in [1.165, 1.54) is 6.07 Å². The molecule has 1 aliphatic heterocycles. The molecular weight excluding hydrogens is 360 g/mol. The van der Waals surface area contributed by atoms with Gasteiger partial charge in [0.05, 0.1) is 23.9 Å². The van der Waals surface area contributed by atoms with Crippen molar-refractivity contribution in [3.63, 3.8) is 0 Å². The molecule has 3 atom stereocenters. The lowest BCUT2D eigenvalue weighted by molar-refractivity contribution is 0.202. The molecule has 142 valence electrons. The van der Waals surface area contributed by atoms with Gasteiger partial charge in [0.15, 0.2) is 5.41 Å². The normalized spacial score (nSPS) is 26.4. The van der Waals surface area contributed by atoms with Crippen LogP contribution < -0.4 is 0 Å². The van der Waals surface area contributed by atoms with Crippen molar-refractivity contribution >= 4 is 5.71 Å². The Morgan fingerprint density at radius 2 is 1.96 bits per heavy atom. The number of hydrogen-bond acceptors (Lipinski definition) is 5. The highest BCUT2D eigenvalue weighted by Crippen LogP contribution is 2.53. The quantitative estimate of drug-likeness (QED) is 0.812. The molecule has 1 saturated carbocycles. The lowest BCUT2D eigenvalue weighted by atomic mass is 9.54. The molecular formula is C21H19F2N5. The van der Waals surface area contributed by atoms with Gasteiger partial charge >= 0.3 is 0 Å². The van der Waals surface area contributed by atoms with E-state index in [9.17, 15) is 24.6 Å².